The summed E-state index contributed by atoms with van der Waals surface area (Å²) < 4.78 is 72.1. The van der Waals surface area contributed by atoms with Crippen molar-refractivity contribution in [1.82, 2.24) is 15.1 Å². The number of carbonyl (C=O) groups excluding carboxylic acids is 1. The van der Waals surface area contributed by atoms with Gasteiger partial charge in [0.1, 0.15) is 5.82 Å². The van der Waals surface area contributed by atoms with Crippen LogP contribution in [0.5, 0.6) is 0 Å². The highest BCUT2D eigenvalue weighted by atomic mass is 32.2. The van der Waals surface area contributed by atoms with E-state index in [9.17, 15) is 26.6 Å². The van der Waals surface area contributed by atoms with Crippen molar-refractivity contribution in [2.45, 2.75) is 11.1 Å². The first kappa shape index (κ1) is 19.6. The summed E-state index contributed by atoms with van der Waals surface area (Å²) in [7, 11) is -3.15. The number of nitrogens with zero attached hydrogens (tertiary/aromatic N) is 4. The number of pyridine rings is 1. The number of alkyl halides is 3. The minimum atomic E-state index is -4.84. The van der Waals surface area contributed by atoms with Gasteiger partial charge in [0.15, 0.2) is 0 Å². The molecular weight excluding hydrogens is 404 g/mol. The first-order chi connectivity index (χ1) is 13.1. The zero-order valence-electron chi connectivity index (χ0n) is 14.0. The highest BCUT2D eigenvalue weighted by molar-refractivity contribution is 7.93. The summed E-state index contributed by atoms with van der Waals surface area (Å²) >= 11 is 0. The van der Waals surface area contributed by atoms with Crippen molar-refractivity contribution in [2.75, 3.05) is 6.26 Å². The molecule has 146 valence electrons. The molecule has 0 fully saturated rings. The monoisotopic (exact) mass is 414 g/mol. The Morgan fingerprint density at radius 2 is 1.86 bits per heavy atom. The van der Waals surface area contributed by atoms with Gasteiger partial charge in [0.05, 0.1) is 20.2 Å². The summed E-state index contributed by atoms with van der Waals surface area (Å²) in [5.41, 5.74) is -0.647. The molecule has 2 aromatic heterocycles. The van der Waals surface area contributed by atoms with Gasteiger partial charge >= 0.3 is 12.1 Å². The lowest BCUT2D eigenvalue weighted by molar-refractivity contribution is -0.159. The van der Waals surface area contributed by atoms with Gasteiger partial charge in [0, 0.05) is 24.2 Å². The third-order valence-corrected chi connectivity index (χ3v) is 5.13. The number of hydrogen-bond acceptors (Lipinski definition) is 6. The van der Waals surface area contributed by atoms with E-state index in [4.69, 9.17) is 0 Å². The molecule has 0 N–H and O–H groups in total. The number of hydrogen-bond donors (Lipinski definition) is 0. The second kappa shape index (κ2) is 7.11. The van der Waals surface area contributed by atoms with E-state index in [0.717, 1.165) is 18.2 Å². The van der Waals surface area contributed by atoms with E-state index in [2.05, 4.69) is 24.0 Å². The van der Waals surface area contributed by atoms with Crippen molar-refractivity contribution in [2.24, 2.45) is 4.36 Å². The van der Waals surface area contributed by atoms with Crippen LogP contribution in [0.25, 0.3) is 11.4 Å². The van der Waals surface area contributed by atoms with Crippen LogP contribution in [0.15, 0.2) is 56.5 Å². The quantitative estimate of drug-likeness (QED) is 0.608. The van der Waals surface area contributed by atoms with Crippen LogP contribution in [0.1, 0.15) is 16.2 Å². The summed E-state index contributed by atoms with van der Waals surface area (Å²) in [6.45, 7) is 0. The summed E-state index contributed by atoms with van der Waals surface area (Å²) in [6.07, 6.45) is -0.890. The zero-order valence-corrected chi connectivity index (χ0v) is 14.8. The fraction of sp³-hybridized carbons (Fsp3) is 0.125. The second-order valence-corrected chi connectivity index (χ2v) is 7.76. The average Bonchev–Trinajstić information content (AvgIpc) is 3.12. The van der Waals surface area contributed by atoms with Gasteiger partial charge in [-0.1, -0.05) is 11.2 Å². The molecule has 0 aliphatic carbocycles. The number of benzene rings is 1. The molecule has 3 aromatic rings. The van der Waals surface area contributed by atoms with E-state index in [0.29, 0.717) is 0 Å². The maximum Gasteiger partial charge on any atom is 0.471 e. The Morgan fingerprint density at radius 1 is 1.18 bits per heavy atom. The second-order valence-electron chi connectivity index (χ2n) is 5.50. The number of carbonyl (C=O) groups is 1. The molecule has 0 aliphatic heterocycles. The van der Waals surface area contributed by atoms with Crippen LogP contribution in [0.2, 0.25) is 0 Å². The minimum absolute atomic E-state index is 0.139. The van der Waals surface area contributed by atoms with Crippen molar-refractivity contribution in [3.63, 3.8) is 0 Å². The van der Waals surface area contributed by atoms with Crippen LogP contribution in [0.3, 0.4) is 0 Å². The molecular formula is C16H10F4N4O3S. The molecule has 2 heterocycles. The number of halogens is 4. The maximum absolute atomic E-state index is 14.3. The highest BCUT2D eigenvalue weighted by Gasteiger charge is 2.38. The molecule has 28 heavy (non-hydrogen) atoms. The molecule has 0 radical (unpaired) electrons. The van der Waals surface area contributed by atoms with Crippen molar-refractivity contribution in [1.29, 1.82) is 0 Å². The molecule has 0 saturated heterocycles. The molecule has 0 spiro atoms. The van der Waals surface area contributed by atoms with Gasteiger partial charge in [-0.15, -0.1) is 0 Å². The lowest BCUT2D eigenvalue weighted by atomic mass is 10.1. The van der Waals surface area contributed by atoms with E-state index >= 15 is 0 Å². The Hall–Kier alpha value is -3.15. The molecule has 0 saturated carbocycles. The molecule has 1 unspecified atom stereocenters. The summed E-state index contributed by atoms with van der Waals surface area (Å²) in [5, 5.41) is 3.13. The van der Waals surface area contributed by atoms with E-state index in [1.54, 1.807) is 0 Å². The first-order valence-corrected chi connectivity index (χ1v) is 9.37. The highest BCUT2D eigenvalue weighted by Crippen LogP contribution is 2.29. The van der Waals surface area contributed by atoms with Crippen molar-refractivity contribution in [3.8, 4) is 11.4 Å². The van der Waals surface area contributed by atoms with Crippen LogP contribution < -0.4 is 0 Å². The van der Waals surface area contributed by atoms with Crippen molar-refractivity contribution in [3.05, 3.63) is 60.0 Å². The van der Waals surface area contributed by atoms with Crippen LogP contribution >= 0.6 is 0 Å². The summed E-state index contributed by atoms with van der Waals surface area (Å²) in [4.78, 5) is 19.4. The SMILES string of the molecule is CS(=O)(=NC(=O)c1ccc(-c2noc(C(F)(F)F)n2)cc1F)c1ccncc1. The van der Waals surface area contributed by atoms with Gasteiger partial charge < -0.3 is 4.52 Å². The first-order valence-electron chi connectivity index (χ1n) is 7.45. The van der Waals surface area contributed by atoms with Crippen LogP contribution in [0, 0.1) is 5.82 Å². The third-order valence-electron chi connectivity index (χ3n) is 3.47. The number of aromatic nitrogens is 3. The van der Waals surface area contributed by atoms with E-state index in [1.165, 1.54) is 30.8 Å². The largest absolute Gasteiger partial charge is 0.471 e. The third kappa shape index (κ3) is 4.06. The molecule has 12 heteroatoms. The Bertz CT molecular complexity index is 1150. The molecule has 0 bridgehead atoms. The van der Waals surface area contributed by atoms with Gasteiger partial charge in [-0.3, -0.25) is 9.78 Å². The summed E-state index contributed by atoms with van der Waals surface area (Å²) in [5.74, 6) is -4.26. The standard InChI is InChI=1S/C16H10F4N4O3S/c1-28(26,10-4-6-21-7-5-10)24-14(25)11-3-2-9(8-12(11)17)13-22-15(27-23-13)16(18,19)20/h2-8H,1H3. The maximum atomic E-state index is 14.3. The predicted molar refractivity (Wildman–Crippen MR) is 88.0 cm³/mol. The fourth-order valence-electron chi connectivity index (χ4n) is 2.13. The van der Waals surface area contributed by atoms with Crippen LogP contribution in [-0.4, -0.2) is 31.5 Å². The molecule has 7 nitrogen and oxygen atoms in total. The van der Waals surface area contributed by atoms with E-state index in [-0.39, 0.29) is 10.5 Å². The van der Waals surface area contributed by atoms with Gasteiger partial charge in [-0.05, 0) is 24.3 Å². The Kier molecular flexibility index (Phi) is 4.98. The van der Waals surface area contributed by atoms with Crippen molar-refractivity contribution < 1.29 is 31.1 Å². The van der Waals surface area contributed by atoms with Crippen molar-refractivity contribution >= 4 is 15.6 Å². The van der Waals surface area contributed by atoms with Crippen LogP contribution in [-0.2, 0) is 15.9 Å². The van der Waals surface area contributed by atoms with Gasteiger partial charge in [-0.25, -0.2) is 8.60 Å². The Balaban J connectivity index is 1.93. The average molecular weight is 414 g/mol. The molecule has 1 aromatic carbocycles. The van der Waals surface area contributed by atoms with E-state index < -0.39 is 44.9 Å². The summed E-state index contributed by atoms with van der Waals surface area (Å²) in [6, 6.07) is 5.70. The van der Waals surface area contributed by atoms with Gasteiger partial charge in [0.2, 0.25) is 5.82 Å². The minimum Gasteiger partial charge on any atom is -0.329 e. The topological polar surface area (TPSA) is 98.3 Å². The normalized spacial score (nSPS) is 13.8. The lowest BCUT2D eigenvalue weighted by Crippen LogP contribution is -2.06. The molecule has 1 amide bonds. The molecule has 3 rings (SSSR count). The smallest absolute Gasteiger partial charge is 0.329 e. The predicted octanol–water partition coefficient (Wildman–Crippen LogP) is 3.59. The number of rotatable bonds is 3. The lowest BCUT2D eigenvalue weighted by Gasteiger charge is -2.04. The Labute approximate surface area is 155 Å². The number of amides is 1. The molecule has 0 aliphatic rings. The van der Waals surface area contributed by atoms with E-state index in [1.807, 2.05) is 0 Å². The van der Waals surface area contributed by atoms with Gasteiger partial charge in [-0.2, -0.15) is 22.5 Å². The fourth-order valence-corrected chi connectivity index (χ4v) is 3.28. The molecule has 1 atom stereocenters. The Morgan fingerprint density at radius 3 is 2.43 bits per heavy atom. The zero-order chi connectivity index (χ0) is 20.5. The van der Waals surface area contributed by atoms with Crippen LogP contribution in [0.4, 0.5) is 17.6 Å². The van der Waals surface area contributed by atoms with Gasteiger partial charge in [0.25, 0.3) is 5.91 Å².